The summed E-state index contributed by atoms with van der Waals surface area (Å²) in [7, 11) is 3.75. The minimum Gasteiger partial charge on any atom is -0.496 e. The fraction of sp³-hybridized carbons (Fsp3) is 0.200. The van der Waals surface area contributed by atoms with Crippen LogP contribution in [-0.4, -0.2) is 11.7 Å². The summed E-state index contributed by atoms with van der Waals surface area (Å²) in [4.78, 5) is 0. The van der Waals surface area contributed by atoms with Gasteiger partial charge in [-0.2, -0.15) is 0 Å². The lowest BCUT2D eigenvalue weighted by Crippen LogP contribution is -1.86. The predicted octanol–water partition coefficient (Wildman–Crippen LogP) is 2.79. The number of nitrogens with zero attached hydrogens (tertiary/aromatic N) is 1. The Balaban J connectivity index is 2.88. The molecule has 0 amide bonds. The molecule has 0 bridgehead atoms. The first-order valence-electron chi connectivity index (χ1n) is 4.01. The molecule has 3 heteroatoms. The molecule has 1 heterocycles. The standard InChI is InChI=1S/C10H10INO/c1-12-6-7(11)10-8(12)4-3-5-9(10)13-2/h3-6H,1-2H3. The van der Waals surface area contributed by atoms with Gasteiger partial charge >= 0.3 is 0 Å². The number of hydrogen-bond donors (Lipinski definition) is 0. The quantitative estimate of drug-likeness (QED) is 0.736. The van der Waals surface area contributed by atoms with E-state index in [1.807, 2.05) is 19.2 Å². The van der Waals surface area contributed by atoms with Crippen molar-refractivity contribution < 1.29 is 4.74 Å². The molecule has 0 aliphatic carbocycles. The smallest absolute Gasteiger partial charge is 0.129 e. The second kappa shape index (κ2) is 3.21. The third-order valence-corrected chi connectivity index (χ3v) is 2.97. The number of halogens is 1. The van der Waals surface area contributed by atoms with Crippen molar-refractivity contribution in [3.63, 3.8) is 0 Å². The Bertz CT molecular complexity index is 447. The fourth-order valence-electron chi connectivity index (χ4n) is 1.53. The number of methoxy groups -OCH3 is 1. The summed E-state index contributed by atoms with van der Waals surface area (Å²) in [5, 5.41) is 1.20. The topological polar surface area (TPSA) is 14.2 Å². The minimum absolute atomic E-state index is 0.947. The lowest BCUT2D eigenvalue weighted by molar-refractivity contribution is 0.419. The van der Waals surface area contributed by atoms with E-state index in [4.69, 9.17) is 4.74 Å². The Morgan fingerprint density at radius 1 is 1.38 bits per heavy atom. The normalized spacial score (nSPS) is 10.7. The first kappa shape index (κ1) is 8.87. The zero-order valence-corrected chi connectivity index (χ0v) is 9.70. The van der Waals surface area contributed by atoms with Gasteiger partial charge in [-0.05, 0) is 34.7 Å². The van der Waals surface area contributed by atoms with E-state index in [9.17, 15) is 0 Å². The van der Waals surface area contributed by atoms with Crippen LogP contribution in [0.15, 0.2) is 24.4 Å². The van der Waals surface area contributed by atoms with Crippen LogP contribution in [0.2, 0.25) is 0 Å². The van der Waals surface area contributed by atoms with E-state index in [1.165, 1.54) is 14.5 Å². The van der Waals surface area contributed by atoms with Crippen molar-refractivity contribution in [2.75, 3.05) is 7.11 Å². The van der Waals surface area contributed by atoms with Gasteiger partial charge in [0, 0.05) is 16.8 Å². The first-order chi connectivity index (χ1) is 6.24. The lowest BCUT2D eigenvalue weighted by atomic mass is 10.2. The minimum atomic E-state index is 0.947. The Hall–Kier alpha value is -0.710. The number of benzene rings is 1. The van der Waals surface area contributed by atoms with Crippen molar-refractivity contribution in [3.05, 3.63) is 28.0 Å². The van der Waals surface area contributed by atoms with Gasteiger partial charge in [0.15, 0.2) is 0 Å². The van der Waals surface area contributed by atoms with Crippen LogP contribution in [0.1, 0.15) is 0 Å². The van der Waals surface area contributed by atoms with Gasteiger partial charge in [0.05, 0.1) is 18.0 Å². The lowest BCUT2D eigenvalue weighted by Gasteiger charge is -2.02. The van der Waals surface area contributed by atoms with Crippen molar-refractivity contribution in [2.45, 2.75) is 0 Å². The van der Waals surface area contributed by atoms with Crippen molar-refractivity contribution in [2.24, 2.45) is 7.05 Å². The van der Waals surface area contributed by atoms with Crippen LogP contribution in [0.25, 0.3) is 10.9 Å². The van der Waals surface area contributed by atoms with E-state index in [0.717, 1.165) is 5.75 Å². The molecule has 68 valence electrons. The van der Waals surface area contributed by atoms with E-state index in [1.54, 1.807) is 7.11 Å². The largest absolute Gasteiger partial charge is 0.496 e. The molecule has 0 N–H and O–H groups in total. The average molecular weight is 287 g/mol. The molecule has 13 heavy (non-hydrogen) atoms. The van der Waals surface area contributed by atoms with Crippen LogP contribution in [0.5, 0.6) is 5.75 Å². The van der Waals surface area contributed by atoms with Crippen molar-refractivity contribution in [1.29, 1.82) is 0 Å². The molecular formula is C10H10INO. The highest BCUT2D eigenvalue weighted by Gasteiger charge is 2.08. The van der Waals surface area contributed by atoms with Crippen LogP contribution in [-0.2, 0) is 7.05 Å². The van der Waals surface area contributed by atoms with Gasteiger partial charge in [-0.15, -0.1) is 0 Å². The first-order valence-corrected chi connectivity index (χ1v) is 5.09. The molecule has 2 aromatic rings. The van der Waals surface area contributed by atoms with Crippen molar-refractivity contribution in [1.82, 2.24) is 4.57 Å². The van der Waals surface area contributed by atoms with E-state index in [2.05, 4.69) is 39.4 Å². The van der Waals surface area contributed by atoms with Crippen LogP contribution in [0.4, 0.5) is 0 Å². The summed E-state index contributed by atoms with van der Waals surface area (Å²) >= 11 is 2.33. The molecular weight excluding hydrogens is 277 g/mol. The molecule has 2 nitrogen and oxygen atoms in total. The highest BCUT2D eigenvalue weighted by molar-refractivity contribution is 14.1. The maximum absolute atomic E-state index is 5.30. The molecule has 1 aromatic carbocycles. The average Bonchev–Trinajstić information content (AvgIpc) is 2.43. The summed E-state index contributed by atoms with van der Waals surface area (Å²) in [6.45, 7) is 0. The number of ether oxygens (including phenoxy) is 1. The highest BCUT2D eigenvalue weighted by atomic mass is 127. The summed E-state index contributed by atoms with van der Waals surface area (Å²) in [6.07, 6.45) is 2.10. The Kier molecular flexibility index (Phi) is 2.19. The van der Waals surface area contributed by atoms with Gasteiger partial charge < -0.3 is 9.30 Å². The van der Waals surface area contributed by atoms with Gasteiger partial charge in [-0.1, -0.05) is 6.07 Å². The number of aryl methyl sites for hydroxylation is 1. The molecule has 0 saturated carbocycles. The van der Waals surface area contributed by atoms with Crippen molar-refractivity contribution >= 4 is 33.5 Å². The third-order valence-electron chi connectivity index (χ3n) is 2.15. The molecule has 0 radical (unpaired) electrons. The van der Waals surface area contributed by atoms with Gasteiger partial charge in [-0.3, -0.25) is 0 Å². The second-order valence-electron chi connectivity index (χ2n) is 2.94. The molecule has 2 rings (SSSR count). The summed E-state index contributed by atoms with van der Waals surface area (Å²) in [5.74, 6) is 0.947. The second-order valence-corrected chi connectivity index (χ2v) is 4.10. The molecule has 0 spiro atoms. The van der Waals surface area contributed by atoms with Gasteiger partial charge in [0.25, 0.3) is 0 Å². The van der Waals surface area contributed by atoms with Gasteiger partial charge in [0.1, 0.15) is 5.75 Å². The highest BCUT2D eigenvalue weighted by Crippen LogP contribution is 2.30. The van der Waals surface area contributed by atoms with Crippen LogP contribution in [0.3, 0.4) is 0 Å². The van der Waals surface area contributed by atoms with Crippen LogP contribution in [0, 0.1) is 3.57 Å². The maximum atomic E-state index is 5.30. The summed E-state index contributed by atoms with van der Waals surface area (Å²) in [5.41, 5.74) is 1.21. The third kappa shape index (κ3) is 1.31. The van der Waals surface area contributed by atoms with Crippen LogP contribution >= 0.6 is 22.6 Å². The van der Waals surface area contributed by atoms with E-state index in [-0.39, 0.29) is 0 Å². The zero-order valence-electron chi connectivity index (χ0n) is 7.54. The molecule has 0 fully saturated rings. The summed E-state index contributed by atoms with van der Waals surface area (Å²) in [6, 6.07) is 6.10. The Morgan fingerprint density at radius 3 is 2.85 bits per heavy atom. The summed E-state index contributed by atoms with van der Waals surface area (Å²) < 4.78 is 8.64. The molecule has 0 aliphatic rings. The Morgan fingerprint density at radius 2 is 2.15 bits per heavy atom. The number of aromatic nitrogens is 1. The molecule has 0 aliphatic heterocycles. The number of rotatable bonds is 1. The SMILES string of the molecule is COc1cccc2c1c(I)cn2C. The van der Waals surface area contributed by atoms with Gasteiger partial charge in [-0.25, -0.2) is 0 Å². The molecule has 0 unspecified atom stereocenters. The monoisotopic (exact) mass is 287 g/mol. The maximum Gasteiger partial charge on any atom is 0.129 e. The zero-order chi connectivity index (χ0) is 9.42. The number of fused-ring (bicyclic) bond motifs is 1. The van der Waals surface area contributed by atoms with Crippen molar-refractivity contribution in [3.8, 4) is 5.75 Å². The van der Waals surface area contributed by atoms with E-state index < -0.39 is 0 Å². The number of hydrogen-bond acceptors (Lipinski definition) is 1. The van der Waals surface area contributed by atoms with E-state index in [0.29, 0.717) is 0 Å². The van der Waals surface area contributed by atoms with Gasteiger partial charge in [0.2, 0.25) is 0 Å². The Labute approximate surface area is 90.6 Å². The van der Waals surface area contributed by atoms with Crippen LogP contribution < -0.4 is 4.74 Å². The predicted molar refractivity (Wildman–Crippen MR) is 62.2 cm³/mol. The fourth-order valence-corrected chi connectivity index (χ4v) is 2.49. The molecule has 0 atom stereocenters. The van der Waals surface area contributed by atoms with E-state index >= 15 is 0 Å². The molecule has 1 aromatic heterocycles. The molecule has 0 saturated heterocycles.